The third kappa shape index (κ3) is 4.85. The van der Waals surface area contributed by atoms with E-state index < -0.39 is 0 Å². The van der Waals surface area contributed by atoms with Crippen molar-refractivity contribution in [2.75, 3.05) is 40.3 Å². The fourth-order valence-electron chi connectivity index (χ4n) is 2.43. The highest BCUT2D eigenvalue weighted by Gasteiger charge is 2.21. The van der Waals surface area contributed by atoms with Gasteiger partial charge in [-0.15, -0.1) is 0 Å². The number of hydrogen-bond donors (Lipinski definition) is 1. The Morgan fingerprint density at radius 3 is 2.45 bits per heavy atom. The van der Waals surface area contributed by atoms with Gasteiger partial charge in [-0.05, 0) is 40.1 Å². The zero-order valence-electron chi connectivity index (χ0n) is 13.2. The van der Waals surface area contributed by atoms with Crippen LogP contribution in [0.4, 0.5) is 4.39 Å². The standard InChI is InChI=1S/C16H28FN3/c1-5-8-20(10-9-19(3)4)16(12-18)14-11-13(2)6-7-15(14)17/h6-7,11,16H,5,8-10,12,18H2,1-4H3. The first-order chi connectivity index (χ1) is 9.49. The van der Waals surface area contributed by atoms with E-state index in [-0.39, 0.29) is 11.9 Å². The monoisotopic (exact) mass is 281 g/mol. The van der Waals surface area contributed by atoms with E-state index in [0.717, 1.165) is 37.2 Å². The quantitative estimate of drug-likeness (QED) is 0.794. The number of rotatable bonds is 8. The zero-order valence-corrected chi connectivity index (χ0v) is 13.2. The van der Waals surface area contributed by atoms with Crippen molar-refractivity contribution in [1.29, 1.82) is 0 Å². The van der Waals surface area contributed by atoms with Crippen LogP contribution in [0.5, 0.6) is 0 Å². The molecule has 0 bridgehead atoms. The molecule has 1 aromatic rings. The third-order valence-corrected chi connectivity index (χ3v) is 3.52. The second-order valence-electron chi connectivity index (χ2n) is 5.62. The third-order valence-electron chi connectivity index (χ3n) is 3.52. The van der Waals surface area contributed by atoms with Gasteiger partial charge in [-0.25, -0.2) is 4.39 Å². The predicted octanol–water partition coefficient (Wildman–Crippen LogP) is 2.41. The van der Waals surface area contributed by atoms with Crippen LogP contribution in [0.2, 0.25) is 0 Å². The van der Waals surface area contributed by atoms with Crippen LogP contribution in [-0.2, 0) is 0 Å². The molecule has 1 atom stereocenters. The van der Waals surface area contributed by atoms with Gasteiger partial charge in [0.1, 0.15) is 5.82 Å². The number of likely N-dealkylation sites (N-methyl/N-ethyl adjacent to an activating group) is 1. The summed E-state index contributed by atoms with van der Waals surface area (Å²) in [6.45, 7) is 7.35. The summed E-state index contributed by atoms with van der Waals surface area (Å²) >= 11 is 0. The summed E-state index contributed by atoms with van der Waals surface area (Å²) in [5.41, 5.74) is 7.73. The molecule has 0 aliphatic heterocycles. The van der Waals surface area contributed by atoms with Crippen molar-refractivity contribution in [3.8, 4) is 0 Å². The predicted molar refractivity (Wildman–Crippen MR) is 83.4 cm³/mol. The van der Waals surface area contributed by atoms with E-state index in [4.69, 9.17) is 5.73 Å². The van der Waals surface area contributed by atoms with Crippen molar-refractivity contribution in [3.05, 3.63) is 35.1 Å². The molecular weight excluding hydrogens is 253 g/mol. The van der Waals surface area contributed by atoms with Crippen LogP contribution in [0.15, 0.2) is 18.2 Å². The molecule has 1 rings (SSSR count). The fourth-order valence-corrected chi connectivity index (χ4v) is 2.43. The molecule has 2 N–H and O–H groups in total. The van der Waals surface area contributed by atoms with Crippen LogP contribution in [0.3, 0.4) is 0 Å². The first-order valence-electron chi connectivity index (χ1n) is 7.34. The summed E-state index contributed by atoms with van der Waals surface area (Å²) in [6.07, 6.45) is 1.04. The Hall–Kier alpha value is -0.970. The van der Waals surface area contributed by atoms with Gasteiger partial charge in [0.25, 0.3) is 0 Å². The maximum Gasteiger partial charge on any atom is 0.128 e. The summed E-state index contributed by atoms with van der Waals surface area (Å²) in [5.74, 6) is -0.156. The van der Waals surface area contributed by atoms with Gasteiger partial charge in [0.2, 0.25) is 0 Å². The van der Waals surface area contributed by atoms with E-state index in [1.54, 1.807) is 12.1 Å². The van der Waals surface area contributed by atoms with Crippen molar-refractivity contribution in [1.82, 2.24) is 9.80 Å². The number of nitrogens with two attached hydrogens (primary N) is 1. The molecule has 3 nitrogen and oxygen atoms in total. The van der Waals surface area contributed by atoms with Gasteiger partial charge in [0.05, 0.1) is 0 Å². The number of aryl methyl sites for hydroxylation is 1. The molecular formula is C16H28FN3. The highest BCUT2D eigenvalue weighted by molar-refractivity contribution is 5.27. The van der Waals surface area contributed by atoms with Gasteiger partial charge in [-0.2, -0.15) is 0 Å². The Morgan fingerprint density at radius 2 is 1.90 bits per heavy atom. The number of benzene rings is 1. The summed E-state index contributed by atoms with van der Waals surface area (Å²) in [6, 6.07) is 5.22. The molecule has 0 aliphatic carbocycles. The fraction of sp³-hybridized carbons (Fsp3) is 0.625. The highest BCUT2D eigenvalue weighted by Crippen LogP contribution is 2.24. The smallest absolute Gasteiger partial charge is 0.128 e. The molecule has 0 aromatic heterocycles. The second kappa shape index (κ2) is 8.35. The largest absolute Gasteiger partial charge is 0.329 e. The number of hydrogen-bond acceptors (Lipinski definition) is 3. The minimum absolute atomic E-state index is 0.0465. The molecule has 0 amide bonds. The van der Waals surface area contributed by atoms with Crippen molar-refractivity contribution >= 4 is 0 Å². The van der Waals surface area contributed by atoms with Crippen molar-refractivity contribution < 1.29 is 4.39 Å². The topological polar surface area (TPSA) is 32.5 Å². The Kier molecular flexibility index (Phi) is 7.13. The SMILES string of the molecule is CCCN(CCN(C)C)C(CN)c1cc(C)ccc1F. The Bertz CT molecular complexity index is 407. The average molecular weight is 281 g/mol. The summed E-state index contributed by atoms with van der Waals surface area (Å²) in [7, 11) is 4.10. The molecule has 0 fully saturated rings. The minimum Gasteiger partial charge on any atom is -0.329 e. The maximum absolute atomic E-state index is 14.1. The highest BCUT2D eigenvalue weighted by atomic mass is 19.1. The van der Waals surface area contributed by atoms with Crippen molar-refractivity contribution in [2.24, 2.45) is 5.73 Å². The summed E-state index contributed by atoms with van der Waals surface area (Å²) < 4.78 is 14.1. The summed E-state index contributed by atoms with van der Waals surface area (Å²) in [5, 5.41) is 0. The Labute approximate surface area is 122 Å². The molecule has 0 aliphatic rings. The van der Waals surface area contributed by atoms with Crippen LogP contribution in [0.25, 0.3) is 0 Å². The van der Waals surface area contributed by atoms with Gasteiger partial charge in [0.15, 0.2) is 0 Å². The lowest BCUT2D eigenvalue weighted by atomic mass is 10.0. The lowest BCUT2D eigenvalue weighted by Crippen LogP contribution is -2.39. The second-order valence-corrected chi connectivity index (χ2v) is 5.62. The maximum atomic E-state index is 14.1. The van der Waals surface area contributed by atoms with E-state index in [1.807, 2.05) is 13.0 Å². The van der Waals surface area contributed by atoms with Crippen molar-refractivity contribution in [2.45, 2.75) is 26.3 Å². The zero-order chi connectivity index (χ0) is 15.1. The molecule has 4 heteroatoms. The Balaban J connectivity index is 2.96. The normalized spacial score (nSPS) is 13.2. The summed E-state index contributed by atoms with van der Waals surface area (Å²) in [4.78, 5) is 4.43. The van der Waals surface area contributed by atoms with Gasteiger partial charge in [0, 0.05) is 31.2 Å². The van der Waals surface area contributed by atoms with Gasteiger partial charge >= 0.3 is 0 Å². The van der Waals surface area contributed by atoms with Gasteiger partial charge in [-0.1, -0.05) is 24.6 Å². The number of halogens is 1. The van der Waals surface area contributed by atoms with Crippen LogP contribution >= 0.6 is 0 Å². The molecule has 1 aromatic carbocycles. The van der Waals surface area contributed by atoms with Gasteiger partial charge < -0.3 is 10.6 Å². The lowest BCUT2D eigenvalue weighted by Gasteiger charge is -2.32. The van der Waals surface area contributed by atoms with E-state index >= 15 is 0 Å². The molecule has 0 saturated heterocycles. The van der Waals surface area contributed by atoms with E-state index in [9.17, 15) is 4.39 Å². The van der Waals surface area contributed by atoms with Crippen molar-refractivity contribution in [3.63, 3.8) is 0 Å². The molecule has 0 spiro atoms. The number of nitrogens with zero attached hydrogens (tertiary/aromatic N) is 2. The first kappa shape index (κ1) is 17.1. The molecule has 0 saturated carbocycles. The molecule has 0 heterocycles. The van der Waals surface area contributed by atoms with E-state index in [2.05, 4.69) is 30.8 Å². The van der Waals surface area contributed by atoms with Gasteiger partial charge in [-0.3, -0.25) is 4.90 Å². The Morgan fingerprint density at radius 1 is 1.20 bits per heavy atom. The lowest BCUT2D eigenvalue weighted by molar-refractivity contribution is 0.179. The molecule has 0 radical (unpaired) electrons. The minimum atomic E-state index is -0.156. The molecule has 114 valence electrons. The van der Waals surface area contributed by atoms with Crippen LogP contribution in [0.1, 0.15) is 30.5 Å². The first-order valence-corrected chi connectivity index (χ1v) is 7.34. The molecule has 20 heavy (non-hydrogen) atoms. The van der Waals surface area contributed by atoms with Crippen LogP contribution < -0.4 is 5.73 Å². The molecule has 1 unspecified atom stereocenters. The average Bonchev–Trinajstić information content (AvgIpc) is 2.40. The van der Waals surface area contributed by atoms with E-state index in [1.165, 1.54) is 0 Å². The van der Waals surface area contributed by atoms with E-state index in [0.29, 0.717) is 6.54 Å². The van der Waals surface area contributed by atoms with Crippen LogP contribution in [-0.4, -0.2) is 50.1 Å². The van der Waals surface area contributed by atoms with Crippen LogP contribution in [0, 0.1) is 12.7 Å².